The van der Waals surface area contributed by atoms with Crippen LogP contribution in [0.2, 0.25) is 0 Å². The van der Waals surface area contributed by atoms with E-state index in [1.165, 1.54) is 54.9 Å². The maximum absolute atomic E-state index is 12.6. The summed E-state index contributed by atoms with van der Waals surface area (Å²) in [7, 11) is 1.38. The molecule has 2 aromatic heterocycles. The van der Waals surface area contributed by atoms with Gasteiger partial charge in [-0.25, -0.2) is 9.78 Å². The van der Waals surface area contributed by atoms with Crippen LogP contribution in [0.5, 0.6) is 5.75 Å². The Balaban J connectivity index is 1.43. The summed E-state index contributed by atoms with van der Waals surface area (Å²) in [5.41, 5.74) is 0.524. The Bertz CT molecular complexity index is 1330. The summed E-state index contributed by atoms with van der Waals surface area (Å²) in [6, 6.07) is 15.2. The molecule has 0 bridgehead atoms. The predicted octanol–water partition coefficient (Wildman–Crippen LogP) is 5.13. The van der Waals surface area contributed by atoms with Crippen LogP contribution in [0.15, 0.2) is 54.6 Å². The maximum atomic E-state index is 12.6. The van der Waals surface area contributed by atoms with Crippen LogP contribution < -0.4 is 10.1 Å². The second-order valence-corrected chi connectivity index (χ2v) is 8.94. The molecule has 0 saturated carbocycles. The van der Waals surface area contributed by atoms with E-state index in [0.29, 0.717) is 4.88 Å². The van der Waals surface area contributed by atoms with E-state index in [0.717, 1.165) is 20.1 Å². The number of amides is 1. The van der Waals surface area contributed by atoms with Gasteiger partial charge < -0.3 is 14.8 Å². The number of carbonyl (C=O) groups excluding carboxylic acids is 2. The lowest BCUT2D eigenvalue weighted by Crippen LogP contribution is -2.30. The maximum Gasteiger partial charge on any atom is 0.349 e. The third-order valence-electron chi connectivity index (χ3n) is 4.62. The van der Waals surface area contributed by atoms with E-state index in [-0.39, 0.29) is 17.1 Å². The van der Waals surface area contributed by atoms with Crippen molar-refractivity contribution in [3.8, 4) is 15.6 Å². The Morgan fingerprint density at radius 2 is 1.91 bits per heavy atom. The Labute approximate surface area is 195 Å². The summed E-state index contributed by atoms with van der Waals surface area (Å²) in [4.78, 5) is 41.4. The van der Waals surface area contributed by atoms with Gasteiger partial charge in [0.25, 0.3) is 11.6 Å². The molecule has 33 heavy (non-hydrogen) atoms. The molecule has 0 aliphatic heterocycles. The monoisotopic (exact) mass is 483 g/mol. The summed E-state index contributed by atoms with van der Waals surface area (Å²) < 4.78 is 11.3. The molecular formula is C22H17N3O6S2. The zero-order chi connectivity index (χ0) is 23.5. The van der Waals surface area contributed by atoms with E-state index in [9.17, 15) is 19.7 Å². The number of fused-ring (bicyclic) bond motifs is 1. The number of aromatic nitrogens is 1. The lowest BCUT2D eigenvalue weighted by molar-refractivity contribution is -0.384. The fourth-order valence-electron chi connectivity index (χ4n) is 2.94. The van der Waals surface area contributed by atoms with Gasteiger partial charge in [0.05, 0.1) is 33.2 Å². The molecule has 11 heteroatoms. The molecule has 1 atom stereocenters. The fraction of sp³-hybridized carbons (Fsp3) is 0.136. The minimum Gasteiger partial charge on any atom is -0.496 e. The molecule has 9 nitrogen and oxygen atoms in total. The molecule has 0 saturated heterocycles. The van der Waals surface area contributed by atoms with Crippen LogP contribution in [0.3, 0.4) is 0 Å². The van der Waals surface area contributed by atoms with Gasteiger partial charge in [0.2, 0.25) is 0 Å². The summed E-state index contributed by atoms with van der Waals surface area (Å²) >= 11 is 2.74. The quantitative estimate of drug-likeness (QED) is 0.220. The fourth-order valence-corrected chi connectivity index (χ4v) is 4.85. The summed E-state index contributed by atoms with van der Waals surface area (Å²) in [6.07, 6.45) is -1.17. The Morgan fingerprint density at radius 3 is 2.64 bits per heavy atom. The normalized spacial score (nSPS) is 11.7. The number of thiazole rings is 1. The van der Waals surface area contributed by atoms with Crippen LogP contribution in [0.25, 0.3) is 20.1 Å². The molecule has 1 unspecified atom stereocenters. The van der Waals surface area contributed by atoms with E-state index in [4.69, 9.17) is 9.47 Å². The number of hydrogen-bond acceptors (Lipinski definition) is 9. The van der Waals surface area contributed by atoms with Gasteiger partial charge in [-0.3, -0.25) is 14.9 Å². The molecule has 0 fully saturated rings. The topological polar surface area (TPSA) is 121 Å². The Kier molecular flexibility index (Phi) is 6.33. The molecule has 0 aliphatic rings. The van der Waals surface area contributed by atoms with Gasteiger partial charge in [-0.2, -0.15) is 0 Å². The van der Waals surface area contributed by atoms with E-state index in [1.54, 1.807) is 12.1 Å². The van der Waals surface area contributed by atoms with Crippen molar-refractivity contribution >= 4 is 56.1 Å². The van der Waals surface area contributed by atoms with Gasteiger partial charge in [-0.1, -0.05) is 12.1 Å². The van der Waals surface area contributed by atoms with Crippen molar-refractivity contribution in [2.24, 2.45) is 0 Å². The second-order valence-electron chi connectivity index (χ2n) is 6.83. The van der Waals surface area contributed by atoms with Crippen molar-refractivity contribution in [2.45, 2.75) is 13.0 Å². The summed E-state index contributed by atoms with van der Waals surface area (Å²) in [5.74, 6) is -1.08. The van der Waals surface area contributed by atoms with Crippen LogP contribution in [0.1, 0.15) is 16.6 Å². The number of nitro benzene ring substituents is 1. The van der Waals surface area contributed by atoms with Crippen LogP contribution in [0, 0.1) is 10.1 Å². The van der Waals surface area contributed by atoms with E-state index in [1.807, 2.05) is 24.3 Å². The molecule has 1 amide bonds. The minimum absolute atomic E-state index is 0.0251. The molecular weight excluding hydrogens is 466 g/mol. The largest absolute Gasteiger partial charge is 0.496 e. The number of rotatable bonds is 7. The smallest absolute Gasteiger partial charge is 0.349 e. The van der Waals surface area contributed by atoms with Gasteiger partial charge in [0, 0.05) is 0 Å². The molecule has 2 aromatic carbocycles. The average Bonchev–Trinajstić information content (AvgIpc) is 3.46. The van der Waals surface area contributed by atoms with Crippen molar-refractivity contribution in [3.05, 3.63) is 69.6 Å². The SMILES string of the molecule is COc1ccc(NC(=O)C(C)OC(=O)c2ccc(-c3nc4ccccc4s3)s2)c([N+](=O)[O-])c1. The van der Waals surface area contributed by atoms with Gasteiger partial charge in [-0.15, -0.1) is 22.7 Å². The van der Waals surface area contributed by atoms with Crippen LogP contribution >= 0.6 is 22.7 Å². The first kappa shape index (κ1) is 22.4. The zero-order valence-electron chi connectivity index (χ0n) is 17.4. The van der Waals surface area contributed by atoms with Crippen molar-refractivity contribution in [1.82, 2.24) is 4.98 Å². The number of hydrogen-bond donors (Lipinski definition) is 1. The van der Waals surface area contributed by atoms with Crippen molar-refractivity contribution in [2.75, 3.05) is 12.4 Å². The average molecular weight is 484 g/mol. The number of nitrogens with zero attached hydrogens (tertiary/aromatic N) is 2. The molecule has 4 rings (SSSR count). The van der Waals surface area contributed by atoms with E-state index < -0.39 is 22.9 Å². The van der Waals surface area contributed by atoms with E-state index in [2.05, 4.69) is 10.3 Å². The minimum atomic E-state index is -1.17. The van der Waals surface area contributed by atoms with Crippen LogP contribution in [0.4, 0.5) is 11.4 Å². The highest BCUT2D eigenvalue weighted by atomic mass is 32.1. The first-order chi connectivity index (χ1) is 15.9. The number of thiophene rings is 1. The third kappa shape index (κ3) is 4.83. The van der Waals surface area contributed by atoms with E-state index >= 15 is 0 Å². The number of benzene rings is 2. The van der Waals surface area contributed by atoms with Crippen molar-refractivity contribution in [1.29, 1.82) is 0 Å². The second kappa shape index (κ2) is 9.35. The zero-order valence-corrected chi connectivity index (χ0v) is 19.1. The first-order valence-corrected chi connectivity index (χ1v) is 11.3. The number of esters is 1. The van der Waals surface area contributed by atoms with Gasteiger partial charge in [0.15, 0.2) is 6.10 Å². The third-order valence-corrected chi connectivity index (χ3v) is 6.90. The van der Waals surface area contributed by atoms with Gasteiger partial charge >= 0.3 is 5.97 Å². The number of para-hydroxylation sites is 1. The standard InChI is InChI=1S/C22H17N3O6S2/c1-12(20(26)23-14-8-7-13(30-2)11-16(14)25(28)29)31-22(27)19-10-9-18(32-19)21-24-15-5-3-4-6-17(15)33-21/h3-12H,1-2H3,(H,23,26). The molecule has 0 spiro atoms. The lowest BCUT2D eigenvalue weighted by Gasteiger charge is -2.13. The van der Waals surface area contributed by atoms with Gasteiger partial charge in [-0.05, 0) is 43.3 Å². The first-order valence-electron chi connectivity index (χ1n) is 9.66. The summed E-state index contributed by atoms with van der Waals surface area (Å²) in [6.45, 7) is 1.39. The Morgan fingerprint density at radius 1 is 1.12 bits per heavy atom. The summed E-state index contributed by atoms with van der Waals surface area (Å²) in [5, 5.41) is 14.5. The molecule has 4 aromatic rings. The molecule has 0 aliphatic carbocycles. The highest BCUT2D eigenvalue weighted by Crippen LogP contribution is 2.35. The van der Waals surface area contributed by atoms with Gasteiger partial charge in [0.1, 0.15) is 21.3 Å². The highest BCUT2D eigenvalue weighted by molar-refractivity contribution is 7.26. The molecule has 2 heterocycles. The van der Waals surface area contributed by atoms with Crippen LogP contribution in [-0.2, 0) is 9.53 Å². The molecule has 1 N–H and O–H groups in total. The Hall–Kier alpha value is -3.83. The predicted molar refractivity (Wildman–Crippen MR) is 126 cm³/mol. The highest BCUT2D eigenvalue weighted by Gasteiger charge is 2.24. The number of ether oxygens (including phenoxy) is 2. The lowest BCUT2D eigenvalue weighted by atomic mass is 10.2. The number of anilines is 1. The number of carbonyl (C=O) groups is 2. The van der Waals surface area contributed by atoms with Crippen molar-refractivity contribution < 1.29 is 24.0 Å². The number of nitro groups is 1. The van der Waals surface area contributed by atoms with Crippen molar-refractivity contribution in [3.63, 3.8) is 0 Å². The molecule has 168 valence electrons. The number of nitrogens with one attached hydrogen (secondary N) is 1. The van der Waals surface area contributed by atoms with Crippen LogP contribution in [-0.4, -0.2) is 35.0 Å². The number of methoxy groups -OCH3 is 1. The molecule has 0 radical (unpaired) electrons.